The molecule has 0 bridgehead atoms. The van der Waals surface area contributed by atoms with Crippen LogP contribution < -0.4 is 10.9 Å². The first kappa shape index (κ1) is 14.4. The van der Waals surface area contributed by atoms with Gasteiger partial charge in [0.25, 0.3) is 11.6 Å². The second-order valence-corrected chi connectivity index (χ2v) is 4.01. The lowest BCUT2D eigenvalue weighted by molar-refractivity contribution is -0.385. The van der Waals surface area contributed by atoms with E-state index in [9.17, 15) is 23.7 Å². The van der Waals surface area contributed by atoms with E-state index in [1.165, 1.54) is 24.3 Å². The van der Waals surface area contributed by atoms with E-state index in [0.717, 1.165) is 12.1 Å². The van der Waals surface area contributed by atoms with E-state index >= 15 is 0 Å². The molecule has 0 saturated heterocycles. The van der Waals surface area contributed by atoms with Crippen LogP contribution in [-0.4, -0.2) is 10.8 Å². The average molecular weight is 293 g/mol. The maximum absolute atomic E-state index is 13.0. The topological polar surface area (TPSA) is 84.3 Å². The summed E-state index contributed by atoms with van der Waals surface area (Å²) in [5, 5.41) is 10.8. The molecule has 8 heteroatoms. The number of nitro benzene ring substituents is 1. The van der Waals surface area contributed by atoms with Crippen LogP contribution in [0.5, 0.6) is 0 Å². The average Bonchev–Trinajstić information content (AvgIpc) is 2.43. The number of para-hydroxylation sites is 1. The predicted octanol–water partition coefficient (Wildman–Crippen LogP) is 2.63. The summed E-state index contributed by atoms with van der Waals surface area (Å²) >= 11 is 0. The predicted molar refractivity (Wildman–Crippen MR) is 70.5 cm³/mol. The highest BCUT2D eigenvalue weighted by atomic mass is 19.1. The number of carbonyl (C=O) groups excluding carboxylic acids is 1. The van der Waals surface area contributed by atoms with Crippen LogP contribution in [-0.2, 0) is 0 Å². The van der Waals surface area contributed by atoms with Crippen LogP contribution >= 0.6 is 0 Å². The molecule has 2 aromatic rings. The summed E-state index contributed by atoms with van der Waals surface area (Å²) in [6, 6.07) is 7.92. The van der Waals surface area contributed by atoms with Gasteiger partial charge in [0, 0.05) is 12.1 Å². The van der Waals surface area contributed by atoms with E-state index in [4.69, 9.17) is 0 Å². The minimum atomic E-state index is -0.822. The van der Waals surface area contributed by atoms with Gasteiger partial charge in [-0.05, 0) is 18.2 Å². The number of halogens is 2. The summed E-state index contributed by atoms with van der Waals surface area (Å²) in [7, 11) is 0. The van der Waals surface area contributed by atoms with Gasteiger partial charge in [-0.3, -0.25) is 25.8 Å². The molecule has 0 spiro atoms. The van der Waals surface area contributed by atoms with Crippen LogP contribution in [0.15, 0.2) is 42.5 Å². The van der Waals surface area contributed by atoms with Gasteiger partial charge in [0.2, 0.25) is 0 Å². The highest BCUT2D eigenvalue weighted by molar-refractivity contribution is 5.98. The molecule has 21 heavy (non-hydrogen) atoms. The summed E-state index contributed by atoms with van der Waals surface area (Å²) in [5.74, 6) is -2.44. The zero-order valence-electron chi connectivity index (χ0n) is 10.5. The number of rotatable bonds is 4. The number of hydrogen-bond donors (Lipinski definition) is 2. The van der Waals surface area contributed by atoms with E-state index < -0.39 is 22.5 Å². The van der Waals surface area contributed by atoms with E-state index in [2.05, 4.69) is 10.9 Å². The van der Waals surface area contributed by atoms with E-state index in [0.29, 0.717) is 6.07 Å². The Labute approximate surface area is 117 Å². The quantitative estimate of drug-likeness (QED) is 0.670. The van der Waals surface area contributed by atoms with Crippen molar-refractivity contribution in [3.8, 4) is 0 Å². The lowest BCUT2D eigenvalue weighted by Gasteiger charge is -2.09. The van der Waals surface area contributed by atoms with E-state index in [1.807, 2.05) is 0 Å². The molecule has 0 aliphatic rings. The van der Waals surface area contributed by atoms with Crippen molar-refractivity contribution in [3.05, 3.63) is 69.8 Å². The Balaban J connectivity index is 2.14. The van der Waals surface area contributed by atoms with E-state index in [1.54, 1.807) is 0 Å². The first-order valence-electron chi connectivity index (χ1n) is 5.73. The number of hydrazine groups is 1. The molecule has 0 saturated carbocycles. The standard InChI is InChI=1S/C13H9F2N3O3/c14-8-5-9(15)7-10(6-8)16-17-13(19)11-3-1-2-4-12(11)18(20)21/h1-7,16H,(H,17,19). The number of anilines is 1. The van der Waals surface area contributed by atoms with Crippen molar-refractivity contribution in [1.82, 2.24) is 5.43 Å². The van der Waals surface area contributed by atoms with Gasteiger partial charge in [0.1, 0.15) is 17.2 Å². The van der Waals surface area contributed by atoms with Crippen molar-refractivity contribution in [2.45, 2.75) is 0 Å². The molecule has 2 aromatic carbocycles. The lowest BCUT2D eigenvalue weighted by atomic mass is 10.2. The van der Waals surface area contributed by atoms with Gasteiger partial charge in [-0.2, -0.15) is 0 Å². The Bertz CT molecular complexity index is 687. The zero-order valence-corrected chi connectivity index (χ0v) is 10.5. The van der Waals surface area contributed by atoms with Gasteiger partial charge in [-0.1, -0.05) is 12.1 Å². The second-order valence-electron chi connectivity index (χ2n) is 4.01. The summed E-state index contributed by atoms with van der Waals surface area (Å²) in [4.78, 5) is 21.9. The van der Waals surface area contributed by atoms with Crippen molar-refractivity contribution in [1.29, 1.82) is 0 Å². The SMILES string of the molecule is O=C(NNc1cc(F)cc(F)c1)c1ccccc1[N+](=O)[O-]. The molecule has 0 fully saturated rings. The van der Waals surface area contributed by atoms with Gasteiger partial charge in [0.15, 0.2) is 0 Å². The fourth-order valence-corrected chi connectivity index (χ4v) is 1.65. The summed E-state index contributed by atoms with van der Waals surface area (Å²) in [5.41, 5.74) is 3.85. The number of hydrogen-bond acceptors (Lipinski definition) is 4. The summed E-state index contributed by atoms with van der Waals surface area (Å²) in [6.07, 6.45) is 0. The monoisotopic (exact) mass is 293 g/mol. The van der Waals surface area contributed by atoms with Crippen LogP contribution in [0.25, 0.3) is 0 Å². The van der Waals surface area contributed by atoms with Crippen molar-refractivity contribution < 1.29 is 18.5 Å². The minimum absolute atomic E-state index is 0.0283. The number of carbonyl (C=O) groups is 1. The van der Waals surface area contributed by atoms with Gasteiger partial charge >= 0.3 is 0 Å². The molecule has 2 N–H and O–H groups in total. The number of benzene rings is 2. The highest BCUT2D eigenvalue weighted by Crippen LogP contribution is 2.17. The van der Waals surface area contributed by atoms with Crippen LogP contribution in [0.3, 0.4) is 0 Å². The summed E-state index contributed by atoms with van der Waals surface area (Å²) < 4.78 is 25.9. The first-order chi connectivity index (χ1) is 9.97. The molecule has 0 aliphatic carbocycles. The third-order valence-electron chi connectivity index (χ3n) is 2.53. The molecule has 0 atom stereocenters. The molecular weight excluding hydrogens is 284 g/mol. The number of amides is 1. The molecular formula is C13H9F2N3O3. The molecule has 0 unspecified atom stereocenters. The number of nitro groups is 1. The zero-order chi connectivity index (χ0) is 15.4. The normalized spacial score (nSPS) is 10.0. The molecule has 0 radical (unpaired) electrons. The largest absolute Gasteiger partial charge is 0.298 e. The fourth-order valence-electron chi connectivity index (χ4n) is 1.65. The Kier molecular flexibility index (Phi) is 4.07. The molecule has 0 aromatic heterocycles. The van der Waals surface area contributed by atoms with Crippen LogP contribution in [0.1, 0.15) is 10.4 Å². The maximum atomic E-state index is 13.0. The van der Waals surface area contributed by atoms with Crippen molar-refractivity contribution >= 4 is 17.3 Å². The molecule has 108 valence electrons. The van der Waals surface area contributed by atoms with Crippen LogP contribution in [0.4, 0.5) is 20.2 Å². The van der Waals surface area contributed by atoms with Crippen molar-refractivity contribution in [3.63, 3.8) is 0 Å². The highest BCUT2D eigenvalue weighted by Gasteiger charge is 2.18. The summed E-state index contributed by atoms with van der Waals surface area (Å²) in [6.45, 7) is 0. The van der Waals surface area contributed by atoms with Crippen molar-refractivity contribution in [2.75, 3.05) is 5.43 Å². The molecule has 2 rings (SSSR count). The van der Waals surface area contributed by atoms with E-state index in [-0.39, 0.29) is 16.9 Å². The smallest absolute Gasteiger partial charge is 0.282 e. The molecule has 1 amide bonds. The second kappa shape index (κ2) is 5.95. The third kappa shape index (κ3) is 3.50. The maximum Gasteiger partial charge on any atom is 0.282 e. The Morgan fingerprint density at radius 1 is 1.10 bits per heavy atom. The molecule has 0 aliphatic heterocycles. The van der Waals surface area contributed by atoms with Gasteiger partial charge in [-0.15, -0.1) is 0 Å². The Hall–Kier alpha value is -3.03. The van der Waals surface area contributed by atoms with Crippen LogP contribution in [0, 0.1) is 21.7 Å². The number of nitrogens with zero attached hydrogens (tertiary/aromatic N) is 1. The Morgan fingerprint density at radius 2 is 1.71 bits per heavy atom. The van der Waals surface area contributed by atoms with Gasteiger partial charge in [-0.25, -0.2) is 8.78 Å². The first-order valence-corrected chi connectivity index (χ1v) is 5.73. The van der Waals surface area contributed by atoms with Crippen molar-refractivity contribution in [2.24, 2.45) is 0 Å². The van der Waals surface area contributed by atoms with Crippen LogP contribution in [0.2, 0.25) is 0 Å². The van der Waals surface area contributed by atoms with Gasteiger partial charge < -0.3 is 0 Å². The fraction of sp³-hybridized carbons (Fsp3) is 0. The minimum Gasteiger partial charge on any atom is -0.298 e. The molecule has 6 nitrogen and oxygen atoms in total. The lowest BCUT2D eigenvalue weighted by Crippen LogP contribution is -2.30. The molecule has 0 heterocycles. The third-order valence-corrected chi connectivity index (χ3v) is 2.53. The Morgan fingerprint density at radius 3 is 2.33 bits per heavy atom. The number of nitrogens with one attached hydrogen (secondary N) is 2. The van der Waals surface area contributed by atoms with Gasteiger partial charge in [0.05, 0.1) is 10.6 Å².